The van der Waals surface area contributed by atoms with Crippen LogP contribution in [0.5, 0.6) is 0 Å². The first kappa shape index (κ1) is 15.6. The van der Waals surface area contributed by atoms with Crippen LogP contribution in [0.15, 0.2) is 91.0 Å². The first-order valence-corrected chi connectivity index (χ1v) is 6.81. The summed E-state index contributed by atoms with van der Waals surface area (Å²) in [5, 5.41) is 0. The largest absolute Gasteiger partial charge is 0.0622 e. The Morgan fingerprint density at radius 3 is 1.33 bits per heavy atom. The molecule has 0 spiro atoms. The molecule has 0 fully saturated rings. The monoisotopic (exact) mass is 376 g/mol. The molecule has 3 aromatic carbocycles. The summed E-state index contributed by atoms with van der Waals surface area (Å²) in [5.41, 5.74) is 4.94. The maximum absolute atomic E-state index is 2.24. The van der Waals surface area contributed by atoms with Crippen molar-refractivity contribution in [3.8, 4) is 0 Å². The molecule has 0 atom stereocenters. The Bertz CT molecular complexity index is 644. The fourth-order valence-corrected chi connectivity index (χ4v) is 2.28. The molecule has 0 amide bonds. The molecule has 0 nitrogen and oxygen atoms in total. The van der Waals surface area contributed by atoms with E-state index in [2.05, 4.69) is 91.0 Å². The van der Waals surface area contributed by atoms with E-state index in [4.69, 9.17) is 0 Å². The molecule has 0 aliphatic carbocycles. The van der Waals surface area contributed by atoms with E-state index < -0.39 is 0 Å². The number of hydrogen-bond donors (Lipinski definition) is 0. The van der Waals surface area contributed by atoms with Gasteiger partial charge in [0.1, 0.15) is 0 Å². The molecule has 4 radical (unpaired) electrons. The molecule has 0 N–H and O–H groups in total. The smallest absolute Gasteiger partial charge is 0 e. The first-order valence-electron chi connectivity index (χ1n) is 6.81. The Balaban J connectivity index is 0.00000161. The van der Waals surface area contributed by atoms with Crippen molar-refractivity contribution in [3.63, 3.8) is 0 Å². The van der Waals surface area contributed by atoms with Gasteiger partial charge in [0, 0.05) is 23.9 Å². The summed E-state index contributed by atoms with van der Waals surface area (Å²) in [7, 11) is 0. The van der Waals surface area contributed by atoms with Gasteiger partial charge in [-0.3, -0.25) is 0 Å². The zero-order chi connectivity index (χ0) is 13.6. The molecule has 0 aromatic heterocycles. The van der Waals surface area contributed by atoms with Crippen molar-refractivity contribution >= 4 is 35.6 Å². The Morgan fingerprint density at radius 1 is 0.524 bits per heavy atom. The number of rotatable bonds is 3. The van der Waals surface area contributed by atoms with Crippen LogP contribution < -0.4 is 0 Å². The van der Waals surface area contributed by atoms with Gasteiger partial charge in [-0.15, -0.1) is 0 Å². The first-order chi connectivity index (χ1) is 9.93. The second-order valence-electron chi connectivity index (χ2n) is 4.70. The van der Waals surface area contributed by atoms with Crippen LogP contribution >= 0.6 is 0 Å². The average molecular weight is 375 g/mol. The van der Waals surface area contributed by atoms with Gasteiger partial charge in [0.2, 0.25) is 0 Å². The minimum absolute atomic E-state index is 0. The summed E-state index contributed by atoms with van der Waals surface area (Å²) in [6.07, 6.45) is 2.24. The van der Waals surface area contributed by atoms with E-state index in [1.54, 1.807) is 0 Å². The molecule has 0 bridgehead atoms. The fourth-order valence-electron chi connectivity index (χ4n) is 2.28. The van der Waals surface area contributed by atoms with Crippen LogP contribution in [0.4, 0.5) is 0 Å². The molecule has 0 heterocycles. The van der Waals surface area contributed by atoms with Crippen molar-refractivity contribution < 1.29 is 0 Å². The SMILES string of the molecule is C(=C(c1ccccc1)c1ccccc1)c1ccccc1.[Sn]. The van der Waals surface area contributed by atoms with Gasteiger partial charge < -0.3 is 0 Å². The third-order valence-corrected chi connectivity index (χ3v) is 3.28. The fraction of sp³-hybridized carbons (Fsp3) is 0. The molecule has 3 aromatic rings. The van der Waals surface area contributed by atoms with Crippen molar-refractivity contribution in [2.24, 2.45) is 0 Å². The van der Waals surface area contributed by atoms with E-state index in [1.165, 1.54) is 22.3 Å². The van der Waals surface area contributed by atoms with Crippen molar-refractivity contribution in [2.45, 2.75) is 0 Å². The predicted octanol–water partition coefficient (Wildman–Crippen LogP) is 4.89. The molecular formula is C20H16Sn. The number of benzene rings is 3. The van der Waals surface area contributed by atoms with Gasteiger partial charge >= 0.3 is 0 Å². The van der Waals surface area contributed by atoms with Crippen LogP contribution in [-0.2, 0) is 0 Å². The van der Waals surface area contributed by atoms with Crippen molar-refractivity contribution in [3.05, 3.63) is 108 Å². The maximum Gasteiger partial charge on any atom is 0 e. The van der Waals surface area contributed by atoms with E-state index >= 15 is 0 Å². The number of hydrogen-bond acceptors (Lipinski definition) is 0. The van der Waals surface area contributed by atoms with Crippen molar-refractivity contribution in [1.82, 2.24) is 0 Å². The molecule has 0 unspecified atom stereocenters. The standard InChI is InChI=1S/C20H16.Sn/c1-4-10-17(11-5-1)16-20(18-12-6-2-7-13-18)19-14-8-3-9-15-19;/h1-16H;. The van der Waals surface area contributed by atoms with E-state index in [0.717, 1.165) is 0 Å². The molecule has 3 rings (SSSR count). The zero-order valence-corrected chi connectivity index (χ0v) is 14.6. The van der Waals surface area contributed by atoms with Gasteiger partial charge in [-0.25, -0.2) is 0 Å². The van der Waals surface area contributed by atoms with Crippen LogP contribution in [0.2, 0.25) is 0 Å². The molecular weight excluding hydrogens is 359 g/mol. The summed E-state index contributed by atoms with van der Waals surface area (Å²) in [6.45, 7) is 0. The normalized spacial score (nSPS) is 9.52. The molecule has 0 saturated carbocycles. The van der Waals surface area contributed by atoms with Gasteiger partial charge in [0.05, 0.1) is 0 Å². The van der Waals surface area contributed by atoms with Crippen LogP contribution in [0, 0.1) is 0 Å². The van der Waals surface area contributed by atoms with Gasteiger partial charge in [-0.2, -0.15) is 0 Å². The quantitative estimate of drug-likeness (QED) is 0.452. The van der Waals surface area contributed by atoms with Gasteiger partial charge in [-0.1, -0.05) is 91.0 Å². The molecule has 0 aliphatic rings. The van der Waals surface area contributed by atoms with Crippen molar-refractivity contribution in [1.29, 1.82) is 0 Å². The van der Waals surface area contributed by atoms with E-state index in [0.29, 0.717) is 0 Å². The van der Waals surface area contributed by atoms with Gasteiger partial charge in [-0.05, 0) is 28.3 Å². The Labute approximate surface area is 143 Å². The summed E-state index contributed by atoms with van der Waals surface area (Å²) < 4.78 is 0. The van der Waals surface area contributed by atoms with Crippen molar-refractivity contribution in [2.75, 3.05) is 0 Å². The molecule has 0 aliphatic heterocycles. The average Bonchev–Trinajstić information content (AvgIpc) is 2.55. The Kier molecular flexibility index (Phi) is 5.82. The van der Waals surface area contributed by atoms with Crippen LogP contribution in [0.25, 0.3) is 11.6 Å². The maximum atomic E-state index is 2.24. The zero-order valence-electron chi connectivity index (χ0n) is 11.7. The molecule has 1 heteroatoms. The summed E-state index contributed by atoms with van der Waals surface area (Å²) in [4.78, 5) is 0. The predicted molar refractivity (Wildman–Crippen MR) is 92.1 cm³/mol. The third-order valence-electron chi connectivity index (χ3n) is 3.28. The minimum atomic E-state index is 0. The topological polar surface area (TPSA) is 0 Å². The second kappa shape index (κ2) is 7.84. The summed E-state index contributed by atoms with van der Waals surface area (Å²) in [5.74, 6) is 0. The molecule has 100 valence electrons. The van der Waals surface area contributed by atoms with E-state index in [-0.39, 0.29) is 23.9 Å². The van der Waals surface area contributed by atoms with E-state index in [1.807, 2.05) is 6.07 Å². The van der Waals surface area contributed by atoms with Crippen LogP contribution in [0.1, 0.15) is 16.7 Å². The summed E-state index contributed by atoms with van der Waals surface area (Å²) in [6, 6.07) is 31.5. The molecule has 21 heavy (non-hydrogen) atoms. The van der Waals surface area contributed by atoms with Gasteiger partial charge in [0.15, 0.2) is 0 Å². The summed E-state index contributed by atoms with van der Waals surface area (Å²) >= 11 is 0. The Morgan fingerprint density at radius 2 is 0.905 bits per heavy atom. The Hall–Kier alpha value is -1.80. The third kappa shape index (κ3) is 4.08. The minimum Gasteiger partial charge on any atom is -0.0622 e. The van der Waals surface area contributed by atoms with E-state index in [9.17, 15) is 0 Å². The second-order valence-corrected chi connectivity index (χ2v) is 4.70. The molecule has 0 saturated heterocycles. The van der Waals surface area contributed by atoms with Crippen LogP contribution in [-0.4, -0.2) is 23.9 Å². The van der Waals surface area contributed by atoms with Gasteiger partial charge in [0.25, 0.3) is 0 Å². The van der Waals surface area contributed by atoms with Crippen LogP contribution in [0.3, 0.4) is 0 Å².